The lowest BCUT2D eigenvalue weighted by molar-refractivity contribution is -0.149. The number of rotatable bonds is 26. The highest BCUT2D eigenvalue weighted by Gasteiger charge is 2.46. The van der Waals surface area contributed by atoms with Crippen LogP contribution in [0.4, 0.5) is 0 Å². The van der Waals surface area contributed by atoms with Crippen LogP contribution in [0.5, 0.6) is 0 Å². The zero-order chi connectivity index (χ0) is 99.3. The maximum Gasteiger partial charge on any atom is 0.246 e. The molecular formula is C93H132N24O18S. The summed E-state index contributed by atoms with van der Waals surface area (Å²) < 4.78 is 0. The normalized spacial score (nSPS) is 24.1. The molecule has 6 heterocycles. The van der Waals surface area contributed by atoms with E-state index >= 15 is 47.9 Å². The van der Waals surface area contributed by atoms with Crippen molar-refractivity contribution in [2.45, 2.75) is 249 Å². The molecule has 43 heteroatoms. The number of amides is 17. The van der Waals surface area contributed by atoms with Crippen molar-refractivity contribution in [3.63, 3.8) is 0 Å². The van der Waals surface area contributed by atoms with Crippen molar-refractivity contribution >= 4 is 140 Å². The summed E-state index contributed by atoms with van der Waals surface area (Å²) in [6.45, 7) is 10.5. The number of carbonyl (C=O) groups excluding carboxylic acids is 17. The highest BCUT2D eigenvalue weighted by molar-refractivity contribution is 8.00. The van der Waals surface area contributed by atoms with Gasteiger partial charge in [0.05, 0.1) is 31.7 Å². The van der Waals surface area contributed by atoms with Gasteiger partial charge >= 0.3 is 0 Å². The van der Waals surface area contributed by atoms with Crippen LogP contribution >= 0.6 is 11.8 Å². The Hall–Kier alpha value is -13.5. The summed E-state index contributed by atoms with van der Waals surface area (Å²) in [4.78, 5) is 270. The van der Waals surface area contributed by atoms with Crippen LogP contribution in [-0.2, 0) is 107 Å². The molecule has 0 aliphatic carbocycles. The number of unbranched alkanes of at least 4 members (excludes halogenated alkanes) is 2. The number of aliphatic hydroxyl groups excluding tert-OH is 1. The van der Waals surface area contributed by atoms with E-state index in [0.29, 0.717) is 69.9 Å². The molecule has 136 heavy (non-hydrogen) atoms. The molecule has 17 amide bonds. The van der Waals surface area contributed by atoms with Crippen molar-refractivity contribution in [1.29, 1.82) is 5.41 Å². The smallest absolute Gasteiger partial charge is 0.246 e. The number of thioether (sulfide) groups is 1. The highest BCUT2D eigenvalue weighted by Crippen LogP contribution is 2.28. The van der Waals surface area contributed by atoms with E-state index in [2.05, 4.69) is 78.4 Å². The average Bonchev–Trinajstić information content (AvgIpc) is 1.07. The number of nitrogens with one attached hydrogen (secondary N) is 15. The molecule has 3 aliphatic rings. The van der Waals surface area contributed by atoms with Gasteiger partial charge in [-0.1, -0.05) is 108 Å². The van der Waals surface area contributed by atoms with Crippen LogP contribution in [0.25, 0.3) is 21.8 Å². The predicted octanol–water partition coefficient (Wildman–Crippen LogP) is -0.988. The Bertz CT molecular complexity index is 5280. The molecule has 738 valence electrons. The third-order valence-corrected chi connectivity index (χ3v) is 26.0. The van der Waals surface area contributed by atoms with Crippen molar-refractivity contribution in [3.05, 3.63) is 125 Å². The molecule has 22 N–H and O–H groups in total. The molecule has 42 nitrogen and oxygen atoms in total. The summed E-state index contributed by atoms with van der Waals surface area (Å²) in [5, 5.41) is 50.0. The molecular weight excluding hydrogens is 1770 g/mol. The summed E-state index contributed by atoms with van der Waals surface area (Å²) in [6.07, 6.45) is 6.50. The predicted molar refractivity (Wildman–Crippen MR) is 506 cm³/mol. The Balaban J connectivity index is 1.10. The van der Waals surface area contributed by atoms with E-state index in [1.165, 1.54) is 50.4 Å². The molecule has 14 atom stereocenters. The molecule has 0 spiro atoms. The fraction of sp³-hybridized carbons (Fsp3) is 0.538. The zero-order valence-electron chi connectivity index (χ0n) is 78.7. The molecule has 0 unspecified atom stereocenters. The largest absolute Gasteiger partial charge is 0.394 e. The quantitative estimate of drug-likeness (QED) is 0.0176. The van der Waals surface area contributed by atoms with E-state index in [0.717, 1.165) is 37.6 Å². The molecule has 3 saturated heterocycles. The Morgan fingerprint density at radius 2 is 1.04 bits per heavy atom. The minimum absolute atomic E-state index is 0.000497. The number of fused-ring (bicyclic) bond motifs is 4. The number of likely N-dealkylation sites (N-methyl/N-ethyl adjacent to an activating group) is 3. The lowest BCUT2D eigenvalue weighted by atomic mass is 10.00. The van der Waals surface area contributed by atoms with Gasteiger partial charge in [0, 0.05) is 118 Å². The van der Waals surface area contributed by atoms with Crippen molar-refractivity contribution in [2.24, 2.45) is 23.1 Å². The van der Waals surface area contributed by atoms with E-state index < -0.39 is 222 Å². The number of aryl methyl sites for hydroxylation is 2. The standard InChI is InChI=1S/C93H132N24O18S/c1-11-13-27-72-85(128)105-63(26-19-33-99-93(96)97)81(124)112-71(80(123)102-46-77(95)120)48-136-49-78(121)104-67(38-55-32-31-52(5)53(6)37-55)88(131)113(8)54(7)79(122)108-69(42-76(94)119)91(134)117-35-21-30-74(117)87(130)107-65(41-58-45-98-50-103-58)83(126)109-66(36-51(3)4)90(133)116-34-20-29-73(116)86(129)106-64(39-56-43-100-61-24-17-15-22-59(56)61)82(125)111-70(47-118)84(127)110-68(40-57-44-101-62-25-18-16-23-60(57)62)89(132)115(10)75(28-14-12-2)92(135)114(72)9/h15-18,22-25,31-32,37,43-45,50-51,54,63-75,100-101,118H,11-14,19-21,26-30,33-36,38-42,46-49H2,1-10H3,(H2,94,119)(H2,95,120)(H,98,103)(H,102,123)(H,104,121)(H,105,128)(H,106,129)(H,107,130)(H,108,122)(H,109,126)(H,110,127)(H,111,125)(H,112,124)(H4,96,97,99)/t54-,63-,64-,65-,66-,67-,68-,69-,70-,71-,72-,73-,74-,75-/m0/s1. The summed E-state index contributed by atoms with van der Waals surface area (Å²) in [7, 11) is 4.00. The van der Waals surface area contributed by atoms with Crippen molar-refractivity contribution in [1.82, 2.24) is 103 Å². The molecule has 3 aliphatic heterocycles. The average molecular weight is 1910 g/mol. The van der Waals surface area contributed by atoms with Crippen molar-refractivity contribution < 1.29 is 86.6 Å². The first-order chi connectivity index (χ1) is 64.8. The number of nitrogens with two attached hydrogens (primary N) is 3. The van der Waals surface area contributed by atoms with Crippen molar-refractivity contribution in [2.75, 3.05) is 65.4 Å². The minimum Gasteiger partial charge on any atom is -0.394 e. The number of nitrogens with zero attached hydrogens (tertiary/aromatic N) is 6. The minimum atomic E-state index is -1.85. The molecule has 0 radical (unpaired) electrons. The summed E-state index contributed by atoms with van der Waals surface area (Å²) >= 11 is 0.802. The monoisotopic (exact) mass is 1900 g/mol. The van der Waals surface area contributed by atoms with E-state index in [-0.39, 0.29) is 109 Å². The number of hydrogen-bond donors (Lipinski definition) is 19. The Morgan fingerprint density at radius 3 is 1.60 bits per heavy atom. The second-order valence-electron chi connectivity index (χ2n) is 35.5. The lowest BCUT2D eigenvalue weighted by Gasteiger charge is -2.36. The van der Waals surface area contributed by atoms with Gasteiger partial charge in [0.1, 0.15) is 84.6 Å². The van der Waals surface area contributed by atoms with Crippen molar-refractivity contribution in [3.8, 4) is 0 Å². The summed E-state index contributed by atoms with van der Waals surface area (Å²) in [5.41, 5.74) is 21.9. The third-order valence-electron chi connectivity index (χ3n) is 24.9. The second kappa shape index (κ2) is 50.7. The van der Waals surface area contributed by atoms with Crippen LogP contribution in [0.1, 0.15) is 158 Å². The topological polar surface area (TPSA) is 621 Å². The van der Waals surface area contributed by atoms with E-state index in [9.17, 15) is 38.7 Å². The third kappa shape index (κ3) is 29.3. The number of guanidine groups is 1. The van der Waals surface area contributed by atoms with Gasteiger partial charge in [0.2, 0.25) is 100 Å². The number of para-hydroxylation sites is 2. The molecule has 3 fully saturated rings. The van der Waals surface area contributed by atoms with Gasteiger partial charge in [-0.25, -0.2) is 4.98 Å². The number of hydrogen-bond acceptors (Lipinski definition) is 21. The fourth-order valence-electron chi connectivity index (χ4n) is 17.1. The van der Waals surface area contributed by atoms with Crippen LogP contribution < -0.4 is 75.7 Å². The van der Waals surface area contributed by atoms with E-state index in [1.807, 2.05) is 33.8 Å². The van der Waals surface area contributed by atoms with Gasteiger partial charge in [-0.2, -0.15) is 0 Å². The Morgan fingerprint density at radius 1 is 0.529 bits per heavy atom. The number of benzene rings is 3. The van der Waals surface area contributed by atoms with Gasteiger partial charge < -0.3 is 120 Å². The molecule has 9 rings (SSSR count). The van der Waals surface area contributed by atoms with Crippen LogP contribution in [-0.4, -0.2) is 306 Å². The number of imidazole rings is 1. The number of carbonyl (C=O) groups is 17. The first kappa shape index (κ1) is 106. The van der Waals surface area contributed by atoms with Crippen LogP contribution in [0, 0.1) is 25.2 Å². The molecule has 0 bridgehead atoms. The first-order valence-corrected chi connectivity index (χ1v) is 47.3. The lowest BCUT2D eigenvalue weighted by Crippen LogP contribution is -2.62. The Kier molecular flexibility index (Phi) is 39.6. The number of aliphatic hydroxyl groups is 1. The molecule has 0 saturated carbocycles. The first-order valence-electron chi connectivity index (χ1n) is 46.2. The fourth-order valence-corrected chi connectivity index (χ4v) is 17.9. The summed E-state index contributed by atoms with van der Waals surface area (Å²) in [6, 6.07) is -1.34. The maximum atomic E-state index is 15.8. The zero-order valence-corrected chi connectivity index (χ0v) is 79.5. The van der Waals surface area contributed by atoms with Gasteiger partial charge in [-0.15, -0.1) is 11.8 Å². The SMILES string of the molecule is CCCC[C@H]1C(=O)N(C)[C@@H](CCCC)C(=O)N[C@@H](CCCNC(=N)N)C(=O)N[C@H](C(=O)NCC(N)=O)CSCC(=O)N[C@@H](Cc2ccc(C)c(C)c2)C(=O)N(C)[C@@H](C)C(=O)N[C@@H](CC(N)=O)C(=O)N2CCC[C@H]2C(=O)N[C@@H](Cc2cnc[nH]2)C(=O)N[C@@H](CC(C)C)C(=O)N2CCC[C@H]2C(=O)N[C@@H](Cc2c[nH]c3ccccc23)C(=O)N[C@@H](CO)C(=O)N[C@@H](Cc2c[nH]c3ccccc23)C(=O)N1C. The summed E-state index contributed by atoms with van der Waals surface area (Å²) in [5.74, 6) is -16.8. The van der Waals surface area contributed by atoms with Crippen LogP contribution in [0.3, 0.4) is 0 Å². The number of aromatic amines is 3. The highest BCUT2D eigenvalue weighted by atomic mass is 32.2. The molecule has 3 aromatic heterocycles. The maximum absolute atomic E-state index is 15.8. The van der Waals surface area contributed by atoms with E-state index in [1.54, 1.807) is 86.9 Å². The molecule has 3 aromatic carbocycles. The second-order valence-corrected chi connectivity index (χ2v) is 36.6. The van der Waals surface area contributed by atoms with Gasteiger partial charge in [-0.3, -0.25) is 86.9 Å². The number of primary amides is 2. The Labute approximate surface area is 793 Å². The van der Waals surface area contributed by atoms with Gasteiger partial charge in [-0.05, 0) is 124 Å². The number of aromatic nitrogens is 4. The van der Waals surface area contributed by atoms with Crippen LogP contribution in [0.15, 0.2) is 91.6 Å². The van der Waals surface area contributed by atoms with Crippen LogP contribution in [0.2, 0.25) is 0 Å². The van der Waals surface area contributed by atoms with Gasteiger partial charge in [0.25, 0.3) is 0 Å². The number of H-pyrrole nitrogens is 3. The molecule has 6 aromatic rings. The van der Waals surface area contributed by atoms with Gasteiger partial charge in [0.15, 0.2) is 5.96 Å². The van der Waals surface area contributed by atoms with E-state index in [4.69, 9.17) is 22.6 Å².